The van der Waals surface area contributed by atoms with E-state index in [1.165, 1.54) is 12.2 Å². The van der Waals surface area contributed by atoms with Gasteiger partial charge in [-0.15, -0.1) is 0 Å². The second-order valence-electron chi connectivity index (χ2n) is 9.38. The van der Waals surface area contributed by atoms with Gasteiger partial charge in [-0.1, -0.05) is 25.5 Å². The highest BCUT2D eigenvalue weighted by Gasteiger charge is 2.71. The van der Waals surface area contributed by atoms with Crippen molar-refractivity contribution in [2.24, 2.45) is 34.5 Å². The van der Waals surface area contributed by atoms with E-state index in [1.54, 1.807) is 13.0 Å². The van der Waals surface area contributed by atoms with E-state index in [9.17, 15) is 19.8 Å². The summed E-state index contributed by atoms with van der Waals surface area (Å²) in [6, 6.07) is 0. The standard InChI is InChI=1S/C21H27FO4/c1-11-8-15-14-5-4-12-9-13(23)6-7-20(12,3)21(14,22)16(24)10-19(15,2)17(11)18(25)26/h6-7,9,11,14-17,24H,4-5,8,10H2,1-3H3,(H,25,26)/t11-,14?,15?,16?,17-,19+,20+,21+/m1/s1. The van der Waals surface area contributed by atoms with E-state index in [2.05, 4.69) is 0 Å². The van der Waals surface area contributed by atoms with E-state index in [-0.39, 0.29) is 24.0 Å². The third kappa shape index (κ3) is 1.93. The monoisotopic (exact) mass is 362 g/mol. The Morgan fingerprint density at radius 1 is 1.31 bits per heavy atom. The maximum Gasteiger partial charge on any atom is 0.307 e. The molecule has 0 heterocycles. The van der Waals surface area contributed by atoms with Crippen molar-refractivity contribution in [3.05, 3.63) is 23.8 Å². The molecule has 26 heavy (non-hydrogen) atoms. The van der Waals surface area contributed by atoms with Gasteiger partial charge in [0.25, 0.3) is 0 Å². The molecule has 0 radical (unpaired) electrons. The van der Waals surface area contributed by atoms with E-state index < -0.39 is 40.4 Å². The van der Waals surface area contributed by atoms with Crippen molar-refractivity contribution in [1.29, 1.82) is 0 Å². The first kappa shape index (κ1) is 17.9. The summed E-state index contributed by atoms with van der Waals surface area (Å²) < 4.78 is 16.7. The van der Waals surface area contributed by atoms with Gasteiger partial charge in [-0.3, -0.25) is 9.59 Å². The van der Waals surface area contributed by atoms with E-state index in [1.807, 2.05) is 13.8 Å². The first-order valence-electron chi connectivity index (χ1n) is 9.59. The molecule has 4 aliphatic carbocycles. The van der Waals surface area contributed by atoms with Gasteiger partial charge in [0.1, 0.15) is 0 Å². The summed E-state index contributed by atoms with van der Waals surface area (Å²) in [6.45, 7) is 5.65. The van der Waals surface area contributed by atoms with Gasteiger partial charge in [-0.2, -0.15) is 0 Å². The summed E-state index contributed by atoms with van der Waals surface area (Å²) >= 11 is 0. The van der Waals surface area contributed by atoms with Gasteiger partial charge < -0.3 is 10.2 Å². The molecule has 0 aromatic rings. The van der Waals surface area contributed by atoms with Crippen LogP contribution in [0.2, 0.25) is 0 Å². The molecular weight excluding hydrogens is 335 g/mol. The lowest BCUT2D eigenvalue weighted by Crippen LogP contribution is -2.66. The molecule has 0 aromatic heterocycles. The summed E-state index contributed by atoms with van der Waals surface area (Å²) in [5.74, 6) is -2.04. The predicted octanol–water partition coefficient (Wildman–Crippen LogP) is 3.30. The van der Waals surface area contributed by atoms with Gasteiger partial charge in [0, 0.05) is 11.3 Å². The summed E-state index contributed by atoms with van der Waals surface area (Å²) in [5, 5.41) is 20.8. The minimum atomic E-state index is -1.87. The highest BCUT2D eigenvalue weighted by atomic mass is 19.1. The Bertz CT molecular complexity index is 742. The number of carbonyl (C=O) groups is 2. The molecule has 4 nitrogen and oxygen atoms in total. The summed E-state index contributed by atoms with van der Waals surface area (Å²) in [6.07, 6.45) is 5.32. The molecule has 3 fully saturated rings. The van der Waals surface area contributed by atoms with Crippen molar-refractivity contribution in [1.82, 2.24) is 0 Å². The van der Waals surface area contributed by atoms with Crippen LogP contribution < -0.4 is 0 Å². The second-order valence-corrected chi connectivity index (χ2v) is 9.38. The van der Waals surface area contributed by atoms with Crippen LogP contribution in [0.5, 0.6) is 0 Å². The van der Waals surface area contributed by atoms with E-state index >= 15 is 4.39 Å². The molecule has 142 valence electrons. The SMILES string of the molecule is C[C@@H]1CC2C3CCC4=CC(=O)C=C[C@]4(C)[C@@]3(F)C(O)C[C@]2(C)[C@H]1C(=O)O. The van der Waals surface area contributed by atoms with Crippen LogP contribution in [0.1, 0.15) is 46.5 Å². The number of aliphatic carboxylic acids is 1. The lowest BCUT2D eigenvalue weighted by molar-refractivity contribution is -0.198. The van der Waals surface area contributed by atoms with E-state index in [4.69, 9.17) is 0 Å². The van der Waals surface area contributed by atoms with Crippen molar-refractivity contribution in [2.45, 2.75) is 58.2 Å². The molecule has 0 aromatic carbocycles. The molecule has 0 amide bonds. The third-order valence-corrected chi connectivity index (χ3v) is 8.25. The van der Waals surface area contributed by atoms with Gasteiger partial charge in [-0.25, -0.2) is 4.39 Å². The Hall–Kier alpha value is -1.49. The van der Waals surface area contributed by atoms with Crippen molar-refractivity contribution in [3.8, 4) is 0 Å². The first-order valence-corrected chi connectivity index (χ1v) is 9.59. The minimum absolute atomic E-state index is 0.0368. The highest BCUT2D eigenvalue weighted by molar-refractivity contribution is 6.01. The average molecular weight is 362 g/mol. The number of halogens is 1. The number of fused-ring (bicyclic) bond motifs is 5. The van der Waals surface area contributed by atoms with E-state index in [0.717, 1.165) is 5.57 Å². The van der Waals surface area contributed by atoms with Crippen LogP contribution in [0.4, 0.5) is 4.39 Å². The Balaban J connectivity index is 1.82. The van der Waals surface area contributed by atoms with Crippen LogP contribution in [-0.2, 0) is 9.59 Å². The number of aliphatic hydroxyl groups is 1. The van der Waals surface area contributed by atoms with Crippen LogP contribution in [0.25, 0.3) is 0 Å². The smallest absolute Gasteiger partial charge is 0.307 e. The summed E-state index contributed by atoms with van der Waals surface area (Å²) in [4.78, 5) is 23.7. The molecule has 4 aliphatic rings. The predicted molar refractivity (Wildman–Crippen MR) is 94.0 cm³/mol. The molecule has 4 rings (SSSR count). The number of carboxylic acids is 1. The zero-order valence-electron chi connectivity index (χ0n) is 15.5. The number of allylic oxidation sites excluding steroid dienone is 4. The molecule has 0 aliphatic heterocycles. The molecular formula is C21H27FO4. The number of carbonyl (C=O) groups excluding carboxylic acids is 1. The molecule has 0 bridgehead atoms. The number of aliphatic hydroxyl groups excluding tert-OH is 1. The largest absolute Gasteiger partial charge is 0.481 e. The number of carboxylic acid groups (broad SMARTS) is 1. The maximum absolute atomic E-state index is 16.7. The first-order chi connectivity index (χ1) is 12.1. The summed E-state index contributed by atoms with van der Waals surface area (Å²) in [7, 11) is 0. The van der Waals surface area contributed by atoms with Gasteiger partial charge in [0.15, 0.2) is 11.5 Å². The Kier molecular flexibility index (Phi) is 3.63. The lowest BCUT2D eigenvalue weighted by Gasteiger charge is -2.61. The number of hydrogen-bond donors (Lipinski definition) is 2. The van der Waals surface area contributed by atoms with Crippen LogP contribution in [-0.4, -0.2) is 33.7 Å². The van der Waals surface area contributed by atoms with Crippen molar-refractivity contribution < 1.29 is 24.2 Å². The van der Waals surface area contributed by atoms with Crippen molar-refractivity contribution >= 4 is 11.8 Å². The summed E-state index contributed by atoms with van der Waals surface area (Å²) in [5.41, 5.74) is -2.72. The van der Waals surface area contributed by atoms with Gasteiger partial charge >= 0.3 is 5.97 Å². The Morgan fingerprint density at radius 3 is 2.65 bits per heavy atom. The zero-order valence-corrected chi connectivity index (χ0v) is 15.5. The maximum atomic E-state index is 16.7. The van der Waals surface area contributed by atoms with Crippen molar-refractivity contribution in [2.75, 3.05) is 0 Å². The van der Waals surface area contributed by atoms with Crippen LogP contribution in [0, 0.1) is 34.5 Å². The number of hydrogen-bond acceptors (Lipinski definition) is 3. The normalized spacial score (nSPS) is 52.7. The van der Waals surface area contributed by atoms with Crippen LogP contribution in [0.15, 0.2) is 23.8 Å². The molecule has 3 saturated carbocycles. The van der Waals surface area contributed by atoms with Crippen LogP contribution >= 0.6 is 0 Å². The molecule has 5 heteroatoms. The fraction of sp³-hybridized carbons (Fsp3) is 0.714. The number of rotatable bonds is 1. The molecule has 8 atom stereocenters. The molecule has 2 N–H and O–H groups in total. The highest BCUT2D eigenvalue weighted by Crippen LogP contribution is 2.69. The van der Waals surface area contributed by atoms with Crippen LogP contribution in [0.3, 0.4) is 0 Å². The third-order valence-electron chi connectivity index (χ3n) is 8.25. The quantitative estimate of drug-likeness (QED) is 0.750. The van der Waals surface area contributed by atoms with Gasteiger partial charge in [0.2, 0.25) is 0 Å². The number of alkyl halides is 1. The lowest BCUT2D eigenvalue weighted by atomic mass is 9.45. The fourth-order valence-electron chi connectivity index (χ4n) is 7.10. The number of ketones is 1. The Morgan fingerprint density at radius 2 is 2.00 bits per heavy atom. The van der Waals surface area contributed by atoms with E-state index in [0.29, 0.717) is 19.3 Å². The topological polar surface area (TPSA) is 74.6 Å². The second kappa shape index (κ2) is 5.28. The molecule has 0 saturated heterocycles. The zero-order chi connectivity index (χ0) is 19.1. The molecule has 0 spiro atoms. The van der Waals surface area contributed by atoms with Crippen molar-refractivity contribution in [3.63, 3.8) is 0 Å². The fourth-order valence-corrected chi connectivity index (χ4v) is 7.10. The Labute approximate surface area is 153 Å². The minimum Gasteiger partial charge on any atom is -0.481 e. The van der Waals surface area contributed by atoms with Gasteiger partial charge in [0.05, 0.1) is 12.0 Å². The average Bonchev–Trinajstić information content (AvgIpc) is 2.80. The van der Waals surface area contributed by atoms with Gasteiger partial charge in [-0.05, 0) is 62.0 Å². The molecule has 3 unspecified atom stereocenters.